The number of aliphatic hydroxyl groups is 1. The highest BCUT2D eigenvalue weighted by atomic mass is 19.1. The highest BCUT2D eigenvalue weighted by molar-refractivity contribution is 5.97. The summed E-state index contributed by atoms with van der Waals surface area (Å²) in [5.74, 6) is -3.32. The van der Waals surface area contributed by atoms with Crippen LogP contribution in [0, 0.1) is 23.0 Å². The van der Waals surface area contributed by atoms with Crippen LogP contribution in [0.1, 0.15) is 45.6 Å². The van der Waals surface area contributed by atoms with Gasteiger partial charge in [0, 0.05) is 48.3 Å². The number of anilines is 1. The maximum absolute atomic E-state index is 14.3. The summed E-state index contributed by atoms with van der Waals surface area (Å²) in [5, 5.41) is 17.1. The van der Waals surface area contributed by atoms with Crippen molar-refractivity contribution in [3.8, 4) is 0 Å². The van der Waals surface area contributed by atoms with E-state index in [-0.39, 0.29) is 30.9 Å². The van der Waals surface area contributed by atoms with E-state index in [0.717, 1.165) is 35.4 Å². The number of nitrogens with one attached hydrogen (secondary N) is 1. The SMILES string of the molecule is CCCN(CCC)C(=O)C1=CC(C)=CC(C(N)=O)([C@H](Cc2cc(F)cc(F)c2)[C@@H](O)CNc2cccc3ccccc23)C1. The molecule has 0 bridgehead atoms. The predicted octanol–water partition coefficient (Wildman–Crippen LogP) is 6.15. The Hall–Kier alpha value is -4.04. The molecule has 0 heterocycles. The quantitative estimate of drug-likeness (QED) is 0.223. The third kappa shape index (κ3) is 7.31. The first-order chi connectivity index (χ1) is 20.6. The van der Waals surface area contributed by atoms with Crippen LogP contribution in [0.2, 0.25) is 0 Å². The van der Waals surface area contributed by atoms with Gasteiger partial charge in [0.25, 0.3) is 0 Å². The molecule has 3 aromatic carbocycles. The fourth-order valence-electron chi connectivity index (χ4n) is 6.29. The lowest BCUT2D eigenvalue weighted by molar-refractivity contribution is -0.132. The van der Waals surface area contributed by atoms with E-state index >= 15 is 0 Å². The number of carbonyl (C=O) groups is 2. The number of amides is 2. The van der Waals surface area contributed by atoms with E-state index in [2.05, 4.69) is 5.32 Å². The van der Waals surface area contributed by atoms with Crippen molar-refractivity contribution in [2.75, 3.05) is 25.0 Å². The molecular formula is C35H41F2N3O3. The topological polar surface area (TPSA) is 95.7 Å². The number of halogens is 2. The van der Waals surface area contributed by atoms with Crippen LogP contribution in [0.4, 0.5) is 14.5 Å². The molecule has 4 N–H and O–H groups in total. The van der Waals surface area contributed by atoms with E-state index < -0.39 is 35.0 Å². The van der Waals surface area contributed by atoms with Crippen molar-refractivity contribution in [3.05, 3.63) is 101 Å². The van der Waals surface area contributed by atoms with Crippen molar-refractivity contribution in [1.29, 1.82) is 0 Å². The normalized spacial score (nSPS) is 18.0. The molecule has 8 heteroatoms. The molecule has 0 spiro atoms. The minimum absolute atomic E-state index is 0.0309. The van der Waals surface area contributed by atoms with Crippen LogP contribution in [0.5, 0.6) is 0 Å². The summed E-state index contributed by atoms with van der Waals surface area (Å²) in [6.45, 7) is 6.95. The molecule has 3 aromatic rings. The average Bonchev–Trinajstić information content (AvgIpc) is 2.97. The predicted molar refractivity (Wildman–Crippen MR) is 167 cm³/mol. The molecule has 0 aliphatic heterocycles. The van der Waals surface area contributed by atoms with Crippen molar-refractivity contribution in [2.24, 2.45) is 17.1 Å². The van der Waals surface area contributed by atoms with Gasteiger partial charge in [0.15, 0.2) is 0 Å². The Morgan fingerprint density at radius 3 is 2.33 bits per heavy atom. The van der Waals surface area contributed by atoms with Gasteiger partial charge in [-0.05, 0) is 61.8 Å². The monoisotopic (exact) mass is 589 g/mol. The Morgan fingerprint density at radius 1 is 1.02 bits per heavy atom. The Bertz CT molecular complexity index is 1500. The molecule has 0 saturated carbocycles. The molecule has 0 aromatic heterocycles. The lowest BCUT2D eigenvalue weighted by Crippen LogP contribution is -2.51. The van der Waals surface area contributed by atoms with Crippen LogP contribution in [0.25, 0.3) is 10.8 Å². The van der Waals surface area contributed by atoms with Crippen LogP contribution in [-0.4, -0.2) is 47.6 Å². The first kappa shape index (κ1) is 31.9. The second-order valence-electron chi connectivity index (χ2n) is 11.5. The largest absolute Gasteiger partial charge is 0.391 e. The lowest BCUT2D eigenvalue weighted by Gasteiger charge is -2.42. The lowest BCUT2D eigenvalue weighted by atomic mass is 9.63. The van der Waals surface area contributed by atoms with Crippen molar-refractivity contribution in [1.82, 2.24) is 4.90 Å². The Morgan fingerprint density at radius 2 is 1.67 bits per heavy atom. The maximum Gasteiger partial charge on any atom is 0.249 e. The average molecular weight is 590 g/mol. The third-order valence-corrected chi connectivity index (χ3v) is 8.17. The zero-order valence-corrected chi connectivity index (χ0v) is 25.1. The van der Waals surface area contributed by atoms with Gasteiger partial charge in [-0.25, -0.2) is 8.78 Å². The first-order valence-electron chi connectivity index (χ1n) is 14.9. The van der Waals surface area contributed by atoms with Crippen LogP contribution in [0.3, 0.4) is 0 Å². The van der Waals surface area contributed by atoms with Gasteiger partial charge < -0.3 is 21.1 Å². The van der Waals surface area contributed by atoms with Crippen molar-refractivity contribution < 1.29 is 23.5 Å². The third-order valence-electron chi connectivity index (χ3n) is 8.17. The second kappa shape index (κ2) is 14.0. The van der Waals surface area contributed by atoms with Crippen LogP contribution in [0.15, 0.2) is 84.0 Å². The van der Waals surface area contributed by atoms with Crippen molar-refractivity contribution in [2.45, 2.75) is 52.6 Å². The maximum atomic E-state index is 14.3. The van der Waals surface area contributed by atoms with E-state index in [0.29, 0.717) is 24.2 Å². The molecule has 2 amide bonds. The number of nitrogens with two attached hydrogens (primary N) is 1. The zero-order chi connectivity index (χ0) is 31.1. The highest BCUT2D eigenvalue weighted by Gasteiger charge is 2.48. The fourth-order valence-corrected chi connectivity index (χ4v) is 6.29. The number of fused-ring (bicyclic) bond motifs is 1. The van der Waals surface area contributed by atoms with Crippen molar-refractivity contribution in [3.63, 3.8) is 0 Å². The molecule has 228 valence electrons. The number of nitrogens with zero attached hydrogens (tertiary/aromatic N) is 1. The molecule has 4 rings (SSSR count). The molecule has 1 unspecified atom stereocenters. The molecule has 0 radical (unpaired) electrons. The number of carbonyl (C=O) groups excluding carboxylic acids is 2. The van der Waals surface area contributed by atoms with E-state index in [4.69, 9.17) is 5.73 Å². The first-order valence-corrected chi connectivity index (χ1v) is 14.9. The summed E-state index contributed by atoms with van der Waals surface area (Å²) in [7, 11) is 0. The number of rotatable bonds is 13. The number of benzene rings is 3. The van der Waals surface area contributed by atoms with Gasteiger partial charge >= 0.3 is 0 Å². The summed E-state index contributed by atoms with van der Waals surface area (Å²) < 4.78 is 28.6. The Balaban J connectivity index is 1.73. The summed E-state index contributed by atoms with van der Waals surface area (Å²) in [4.78, 5) is 29.0. The zero-order valence-electron chi connectivity index (χ0n) is 25.1. The smallest absolute Gasteiger partial charge is 0.249 e. The van der Waals surface area contributed by atoms with Gasteiger partial charge in [0.2, 0.25) is 11.8 Å². The number of hydrogen-bond acceptors (Lipinski definition) is 4. The molecule has 6 nitrogen and oxygen atoms in total. The van der Waals surface area contributed by atoms with Crippen molar-refractivity contribution >= 4 is 28.3 Å². The number of hydrogen-bond donors (Lipinski definition) is 3. The number of primary amides is 1. The van der Waals surface area contributed by atoms with E-state index in [9.17, 15) is 23.5 Å². The number of aliphatic hydroxyl groups excluding tert-OH is 1. The molecule has 0 fully saturated rings. The van der Waals surface area contributed by atoms with E-state index in [1.807, 2.05) is 56.3 Å². The summed E-state index contributed by atoms with van der Waals surface area (Å²) in [5.41, 5.74) is 6.80. The van der Waals surface area contributed by atoms with Gasteiger partial charge in [-0.2, -0.15) is 0 Å². The van der Waals surface area contributed by atoms with Gasteiger partial charge in [0.05, 0.1) is 11.5 Å². The highest BCUT2D eigenvalue weighted by Crippen LogP contribution is 2.44. The van der Waals surface area contributed by atoms with E-state index in [1.54, 1.807) is 24.0 Å². The number of allylic oxidation sites excluding steroid dienone is 2. The molecule has 43 heavy (non-hydrogen) atoms. The summed E-state index contributed by atoms with van der Waals surface area (Å²) in [6, 6.07) is 16.8. The van der Waals surface area contributed by atoms with Gasteiger partial charge in [-0.1, -0.05) is 68.0 Å². The minimum Gasteiger partial charge on any atom is -0.391 e. The Labute approximate surface area is 252 Å². The molecule has 3 atom stereocenters. The van der Waals surface area contributed by atoms with E-state index in [1.165, 1.54) is 12.1 Å². The molecule has 1 aliphatic carbocycles. The van der Waals surface area contributed by atoms with Gasteiger partial charge in [-0.3, -0.25) is 9.59 Å². The van der Waals surface area contributed by atoms with Gasteiger partial charge in [0.1, 0.15) is 11.6 Å². The standard InChI is InChI=1S/C35H41F2N3O3/c1-4-13-40(14-5-2)33(42)26-15-23(3)20-35(21-26,34(38)43)30(18-24-16-27(36)19-28(37)17-24)32(41)22-39-31-12-8-10-25-9-6-7-11-29(25)31/h6-12,15-17,19-20,30,32,39,41H,4-5,13-14,18,21-22H2,1-3H3,(H2,38,43)/t30-,32+,35?/m1/s1. The van der Waals surface area contributed by atoms with Crippen LogP contribution >= 0.6 is 0 Å². The summed E-state index contributed by atoms with van der Waals surface area (Å²) >= 11 is 0. The Kier molecular flexibility index (Phi) is 10.3. The molecule has 0 saturated heterocycles. The second-order valence-corrected chi connectivity index (χ2v) is 11.5. The van der Waals surface area contributed by atoms with Gasteiger partial charge in [-0.15, -0.1) is 0 Å². The van der Waals surface area contributed by atoms with Crippen LogP contribution in [-0.2, 0) is 16.0 Å². The molecular weight excluding hydrogens is 548 g/mol. The van der Waals surface area contributed by atoms with Crippen LogP contribution < -0.4 is 11.1 Å². The summed E-state index contributed by atoms with van der Waals surface area (Å²) in [6.07, 6.45) is 3.77. The minimum atomic E-state index is -1.49. The fraction of sp³-hybridized carbons (Fsp3) is 0.371. The molecule has 1 aliphatic rings.